The summed E-state index contributed by atoms with van der Waals surface area (Å²) in [4.78, 5) is 4.30. The number of ether oxygens (including phenoxy) is 1. The van der Waals surface area contributed by atoms with Crippen LogP contribution in [0.2, 0.25) is 0 Å². The van der Waals surface area contributed by atoms with Crippen LogP contribution in [0.4, 0.5) is 0 Å². The lowest BCUT2D eigenvalue weighted by Crippen LogP contribution is -2.16. The number of nitrogens with one attached hydrogen (secondary N) is 1. The molecule has 1 aliphatic heterocycles. The third-order valence-corrected chi connectivity index (χ3v) is 3.04. The van der Waals surface area contributed by atoms with E-state index in [2.05, 4.69) is 16.4 Å². The van der Waals surface area contributed by atoms with Gasteiger partial charge in [0.05, 0.1) is 6.61 Å². The molecular weight excluding hydrogens is 214 g/mol. The molecule has 1 saturated heterocycles. The first-order valence-corrected chi connectivity index (χ1v) is 5.92. The van der Waals surface area contributed by atoms with E-state index < -0.39 is 0 Å². The number of nitriles is 1. The SMILES string of the molecule is Cc1cc(C)c(C#N)c(OCC2CCNC2)n1. The highest BCUT2D eigenvalue weighted by atomic mass is 16.5. The van der Waals surface area contributed by atoms with Crippen LogP contribution in [0.1, 0.15) is 23.2 Å². The van der Waals surface area contributed by atoms with Crippen LogP contribution in [0.5, 0.6) is 5.88 Å². The Hall–Kier alpha value is -1.60. The van der Waals surface area contributed by atoms with E-state index in [1.807, 2.05) is 19.9 Å². The molecule has 0 radical (unpaired) electrons. The molecule has 1 fully saturated rings. The van der Waals surface area contributed by atoms with E-state index in [-0.39, 0.29) is 0 Å². The lowest BCUT2D eigenvalue weighted by atomic mass is 10.1. The third-order valence-electron chi connectivity index (χ3n) is 3.04. The maximum absolute atomic E-state index is 9.10. The van der Waals surface area contributed by atoms with E-state index in [0.29, 0.717) is 24.0 Å². The molecule has 0 saturated carbocycles. The monoisotopic (exact) mass is 231 g/mol. The zero-order valence-corrected chi connectivity index (χ0v) is 10.3. The molecule has 90 valence electrons. The molecule has 1 N–H and O–H groups in total. The van der Waals surface area contributed by atoms with Crippen LogP contribution in [-0.4, -0.2) is 24.7 Å². The highest BCUT2D eigenvalue weighted by Gasteiger charge is 2.17. The number of aryl methyl sites for hydroxylation is 2. The van der Waals surface area contributed by atoms with Gasteiger partial charge in [-0.15, -0.1) is 0 Å². The van der Waals surface area contributed by atoms with Crippen molar-refractivity contribution in [3.8, 4) is 11.9 Å². The van der Waals surface area contributed by atoms with Crippen LogP contribution >= 0.6 is 0 Å². The Bertz CT molecular complexity index is 445. The largest absolute Gasteiger partial charge is 0.476 e. The average Bonchev–Trinajstić information content (AvgIpc) is 2.78. The first kappa shape index (κ1) is 11.9. The van der Waals surface area contributed by atoms with E-state index in [1.165, 1.54) is 0 Å². The van der Waals surface area contributed by atoms with Gasteiger partial charge in [-0.05, 0) is 38.4 Å². The molecule has 0 bridgehead atoms. The first-order chi connectivity index (χ1) is 8.20. The first-order valence-electron chi connectivity index (χ1n) is 5.92. The van der Waals surface area contributed by atoms with Gasteiger partial charge in [0.2, 0.25) is 5.88 Å². The van der Waals surface area contributed by atoms with Crippen molar-refractivity contribution in [1.29, 1.82) is 5.26 Å². The minimum absolute atomic E-state index is 0.483. The van der Waals surface area contributed by atoms with Crippen LogP contribution in [-0.2, 0) is 0 Å². The maximum Gasteiger partial charge on any atom is 0.232 e. The van der Waals surface area contributed by atoms with E-state index >= 15 is 0 Å². The van der Waals surface area contributed by atoms with Crippen LogP contribution < -0.4 is 10.1 Å². The summed E-state index contributed by atoms with van der Waals surface area (Å²) in [6.45, 7) is 6.51. The Morgan fingerprint density at radius 3 is 3.06 bits per heavy atom. The number of pyridine rings is 1. The summed E-state index contributed by atoms with van der Waals surface area (Å²) >= 11 is 0. The van der Waals surface area contributed by atoms with Gasteiger partial charge in [0.25, 0.3) is 0 Å². The fraction of sp³-hybridized carbons (Fsp3) is 0.538. The fourth-order valence-corrected chi connectivity index (χ4v) is 2.10. The van der Waals surface area contributed by atoms with Gasteiger partial charge < -0.3 is 10.1 Å². The Kier molecular flexibility index (Phi) is 3.60. The molecule has 1 aliphatic rings. The lowest BCUT2D eigenvalue weighted by molar-refractivity contribution is 0.250. The molecule has 2 heterocycles. The fourth-order valence-electron chi connectivity index (χ4n) is 2.10. The highest BCUT2D eigenvalue weighted by Crippen LogP contribution is 2.21. The van der Waals surface area contributed by atoms with Crippen molar-refractivity contribution in [2.45, 2.75) is 20.3 Å². The average molecular weight is 231 g/mol. The van der Waals surface area contributed by atoms with Gasteiger partial charge in [0.1, 0.15) is 11.6 Å². The van der Waals surface area contributed by atoms with Gasteiger partial charge in [-0.25, -0.2) is 4.98 Å². The number of hydrogen-bond acceptors (Lipinski definition) is 4. The second kappa shape index (κ2) is 5.15. The minimum atomic E-state index is 0.483. The predicted octanol–water partition coefficient (Wildman–Crippen LogP) is 1.56. The smallest absolute Gasteiger partial charge is 0.232 e. The predicted molar refractivity (Wildman–Crippen MR) is 64.9 cm³/mol. The van der Waals surface area contributed by atoms with E-state index in [4.69, 9.17) is 10.00 Å². The number of nitrogens with zero attached hydrogens (tertiary/aromatic N) is 2. The lowest BCUT2D eigenvalue weighted by Gasteiger charge is -2.12. The summed E-state index contributed by atoms with van der Waals surface area (Å²) in [5, 5.41) is 12.4. The van der Waals surface area contributed by atoms with E-state index in [9.17, 15) is 0 Å². The minimum Gasteiger partial charge on any atom is -0.476 e. The third kappa shape index (κ3) is 2.75. The highest BCUT2D eigenvalue weighted by molar-refractivity contribution is 5.45. The summed E-state index contributed by atoms with van der Waals surface area (Å²) in [5.74, 6) is 1.01. The Balaban J connectivity index is 2.11. The van der Waals surface area contributed by atoms with Gasteiger partial charge in [0, 0.05) is 18.2 Å². The molecule has 1 atom stereocenters. The molecule has 1 aromatic heterocycles. The topological polar surface area (TPSA) is 57.9 Å². The zero-order chi connectivity index (χ0) is 12.3. The quantitative estimate of drug-likeness (QED) is 0.857. The Labute approximate surface area is 102 Å². The number of aromatic nitrogens is 1. The maximum atomic E-state index is 9.10. The summed E-state index contributed by atoms with van der Waals surface area (Å²) < 4.78 is 5.70. The van der Waals surface area contributed by atoms with Crippen molar-refractivity contribution >= 4 is 0 Å². The normalized spacial score (nSPS) is 19.0. The molecule has 0 aromatic carbocycles. The molecule has 17 heavy (non-hydrogen) atoms. The molecule has 0 amide bonds. The van der Waals surface area contributed by atoms with Crippen LogP contribution in [0.25, 0.3) is 0 Å². The van der Waals surface area contributed by atoms with Gasteiger partial charge in [0.15, 0.2) is 0 Å². The van der Waals surface area contributed by atoms with Crippen LogP contribution in [0, 0.1) is 31.1 Å². The summed E-state index contributed by atoms with van der Waals surface area (Å²) in [6.07, 6.45) is 1.13. The molecule has 4 nitrogen and oxygen atoms in total. The zero-order valence-electron chi connectivity index (χ0n) is 10.3. The van der Waals surface area contributed by atoms with Crippen LogP contribution in [0.3, 0.4) is 0 Å². The van der Waals surface area contributed by atoms with Crippen molar-refractivity contribution in [2.75, 3.05) is 19.7 Å². The van der Waals surface area contributed by atoms with Crippen molar-refractivity contribution in [2.24, 2.45) is 5.92 Å². The Morgan fingerprint density at radius 2 is 2.41 bits per heavy atom. The van der Waals surface area contributed by atoms with Crippen molar-refractivity contribution in [3.05, 3.63) is 22.9 Å². The Morgan fingerprint density at radius 1 is 1.59 bits per heavy atom. The van der Waals surface area contributed by atoms with Gasteiger partial charge in [-0.2, -0.15) is 5.26 Å². The second-order valence-electron chi connectivity index (χ2n) is 4.54. The molecule has 4 heteroatoms. The van der Waals surface area contributed by atoms with Gasteiger partial charge in [-0.3, -0.25) is 0 Å². The van der Waals surface area contributed by atoms with Crippen molar-refractivity contribution in [3.63, 3.8) is 0 Å². The summed E-state index contributed by atoms with van der Waals surface area (Å²) in [5.41, 5.74) is 2.38. The standard InChI is InChI=1S/C13H17N3O/c1-9-5-10(2)16-13(12(9)6-14)17-8-11-3-4-15-7-11/h5,11,15H,3-4,7-8H2,1-2H3. The summed E-state index contributed by atoms with van der Waals surface area (Å²) in [7, 11) is 0. The van der Waals surface area contributed by atoms with Crippen LogP contribution in [0.15, 0.2) is 6.07 Å². The molecule has 1 unspecified atom stereocenters. The summed E-state index contributed by atoms with van der Waals surface area (Å²) in [6, 6.07) is 4.07. The van der Waals surface area contributed by atoms with Gasteiger partial charge >= 0.3 is 0 Å². The molecule has 0 aliphatic carbocycles. The van der Waals surface area contributed by atoms with E-state index in [1.54, 1.807) is 0 Å². The van der Waals surface area contributed by atoms with Crippen molar-refractivity contribution < 1.29 is 4.74 Å². The number of rotatable bonds is 3. The molecule has 0 spiro atoms. The molecule has 1 aromatic rings. The van der Waals surface area contributed by atoms with Crippen molar-refractivity contribution in [1.82, 2.24) is 10.3 Å². The van der Waals surface area contributed by atoms with Gasteiger partial charge in [-0.1, -0.05) is 0 Å². The molecular formula is C13H17N3O. The molecule has 2 rings (SSSR count). The number of hydrogen-bond donors (Lipinski definition) is 1. The second-order valence-corrected chi connectivity index (χ2v) is 4.54. The van der Waals surface area contributed by atoms with E-state index in [0.717, 1.165) is 30.8 Å².